The first-order chi connectivity index (χ1) is 5.86. The van der Waals surface area contributed by atoms with Crippen molar-refractivity contribution in [2.75, 3.05) is 0 Å². The van der Waals surface area contributed by atoms with E-state index in [-0.39, 0.29) is 5.56 Å². The molecule has 4 heteroatoms. The average Bonchev–Trinajstić information content (AvgIpc) is 2.04. The Morgan fingerprint density at radius 2 is 2.00 bits per heavy atom. The molecule has 0 amide bonds. The highest BCUT2D eigenvalue weighted by molar-refractivity contribution is 5.19. The van der Waals surface area contributed by atoms with E-state index in [4.69, 9.17) is 5.73 Å². The molecule has 0 radical (unpaired) electrons. The number of hydrogen-bond donors (Lipinski definition) is 1. The third-order valence-electron chi connectivity index (χ3n) is 1.83. The lowest BCUT2D eigenvalue weighted by Crippen LogP contribution is -2.48. The van der Waals surface area contributed by atoms with Gasteiger partial charge in [-0.1, -0.05) is 0 Å². The Kier molecular flexibility index (Phi) is 2.34. The number of halogens is 2. The third kappa shape index (κ3) is 1.83. The summed E-state index contributed by atoms with van der Waals surface area (Å²) < 4.78 is 27.0. The lowest BCUT2D eigenvalue weighted by molar-refractivity contribution is -0.0675. The molecule has 1 heterocycles. The van der Waals surface area contributed by atoms with Crippen molar-refractivity contribution in [3.63, 3.8) is 0 Å². The zero-order valence-corrected chi connectivity index (χ0v) is 7.59. The molecule has 0 aliphatic carbocycles. The number of pyridine rings is 1. The number of nitrogens with two attached hydrogens (primary N) is 1. The summed E-state index contributed by atoms with van der Waals surface area (Å²) in [5.74, 6) is -3.05. The second-order valence-corrected chi connectivity index (χ2v) is 3.54. The molecule has 0 aromatic carbocycles. The van der Waals surface area contributed by atoms with Crippen LogP contribution >= 0.6 is 0 Å². The molecule has 13 heavy (non-hydrogen) atoms. The molecule has 1 aromatic heterocycles. The van der Waals surface area contributed by atoms with Gasteiger partial charge in [-0.25, -0.2) is 0 Å². The lowest BCUT2D eigenvalue weighted by Gasteiger charge is -2.30. The summed E-state index contributed by atoms with van der Waals surface area (Å²) in [4.78, 5) is 3.63. The summed E-state index contributed by atoms with van der Waals surface area (Å²) in [6.45, 7) is 2.58. The van der Waals surface area contributed by atoms with Gasteiger partial charge in [-0.3, -0.25) is 4.98 Å². The summed E-state index contributed by atoms with van der Waals surface area (Å²) in [5.41, 5.74) is 3.64. The number of nitrogens with zero attached hydrogens (tertiary/aromatic N) is 1. The quantitative estimate of drug-likeness (QED) is 0.766. The maximum absolute atomic E-state index is 13.5. The molecule has 0 fully saturated rings. The van der Waals surface area contributed by atoms with Crippen LogP contribution in [0.25, 0.3) is 0 Å². The van der Waals surface area contributed by atoms with Crippen LogP contribution in [0.4, 0.5) is 8.78 Å². The largest absolute Gasteiger partial charge is 0.320 e. The summed E-state index contributed by atoms with van der Waals surface area (Å²) in [7, 11) is 0. The van der Waals surface area contributed by atoms with Crippen LogP contribution in [0.3, 0.4) is 0 Å². The van der Waals surface area contributed by atoms with Crippen LogP contribution in [0.15, 0.2) is 24.5 Å². The number of aromatic nitrogens is 1. The van der Waals surface area contributed by atoms with E-state index in [1.807, 2.05) is 0 Å². The van der Waals surface area contributed by atoms with E-state index in [2.05, 4.69) is 4.98 Å². The Morgan fingerprint density at radius 1 is 1.38 bits per heavy atom. The van der Waals surface area contributed by atoms with Crippen LogP contribution in [0.2, 0.25) is 0 Å². The molecule has 0 unspecified atom stereocenters. The Balaban J connectivity index is 3.08. The van der Waals surface area contributed by atoms with Gasteiger partial charge in [0.05, 0.1) is 5.54 Å². The van der Waals surface area contributed by atoms with Crippen molar-refractivity contribution in [2.45, 2.75) is 25.3 Å². The lowest BCUT2D eigenvalue weighted by atomic mass is 9.92. The van der Waals surface area contributed by atoms with E-state index in [1.165, 1.54) is 32.2 Å². The third-order valence-corrected chi connectivity index (χ3v) is 1.83. The van der Waals surface area contributed by atoms with E-state index in [0.29, 0.717) is 0 Å². The van der Waals surface area contributed by atoms with Gasteiger partial charge in [0.2, 0.25) is 0 Å². The van der Waals surface area contributed by atoms with Crippen molar-refractivity contribution in [1.82, 2.24) is 4.98 Å². The fourth-order valence-corrected chi connectivity index (χ4v) is 0.920. The Morgan fingerprint density at radius 3 is 2.38 bits per heavy atom. The second kappa shape index (κ2) is 3.03. The second-order valence-electron chi connectivity index (χ2n) is 3.54. The molecule has 0 aliphatic rings. The summed E-state index contributed by atoms with van der Waals surface area (Å²) in [6.07, 6.45) is 2.58. The molecule has 72 valence electrons. The van der Waals surface area contributed by atoms with Crippen molar-refractivity contribution in [3.8, 4) is 0 Å². The molecule has 0 spiro atoms. The van der Waals surface area contributed by atoms with Gasteiger partial charge in [0.1, 0.15) is 0 Å². The monoisotopic (exact) mass is 186 g/mol. The maximum Gasteiger partial charge on any atom is 0.291 e. The van der Waals surface area contributed by atoms with Gasteiger partial charge in [0, 0.05) is 18.0 Å². The molecule has 1 aromatic rings. The van der Waals surface area contributed by atoms with Crippen LogP contribution in [0.5, 0.6) is 0 Å². The molecule has 2 N–H and O–H groups in total. The maximum atomic E-state index is 13.5. The molecule has 0 atom stereocenters. The van der Waals surface area contributed by atoms with Gasteiger partial charge in [-0.15, -0.1) is 0 Å². The fourth-order valence-electron chi connectivity index (χ4n) is 0.920. The zero-order chi connectivity index (χ0) is 10.1. The molecular weight excluding hydrogens is 174 g/mol. The zero-order valence-electron chi connectivity index (χ0n) is 7.59. The first-order valence-corrected chi connectivity index (χ1v) is 3.93. The molecular formula is C9H12F2N2. The van der Waals surface area contributed by atoms with E-state index >= 15 is 0 Å². The van der Waals surface area contributed by atoms with Crippen LogP contribution in [-0.4, -0.2) is 10.5 Å². The van der Waals surface area contributed by atoms with Crippen molar-refractivity contribution in [3.05, 3.63) is 30.1 Å². The molecule has 2 nitrogen and oxygen atoms in total. The highest BCUT2D eigenvalue weighted by Crippen LogP contribution is 2.36. The first kappa shape index (κ1) is 10.1. The summed E-state index contributed by atoms with van der Waals surface area (Å²) in [5, 5.41) is 0. The minimum absolute atomic E-state index is 0.150. The predicted octanol–water partition coefficient (Wildman–Crippen LogP) is 1.91. The molecule has 0 saturated carbocycles. The normalized spacial score (nSPS) is 13.0. The smallest absolute Gasteiger partial charge is 0.291 e. The van der Waals surface area contributed by atoms with Gasteiger partial charge in [0.25, 0.3) is 5.92 Å². The Bertz CT molecular complexity index is 277. The van der Waals surface area contributed by atoms with Crippen molar-refractivity contribution in [1.29, 1.82) is 0 Å². The number of hydrogen-bond acceptors (Lipinski definition) is 2. The standard InChI is InChI=1S/C9H12F2N2/c1-8(2,12)9(10,11)7-4-3-5-13-6-7/h3-6H,12H2,1-2H3. The van der Waals surface area contributed by atoms with Crippen molar-refractivity contribution < 1.29 is 8.78 Å². The van der Waals surface area contributed by atoms with E-state index in [9.17, 15) is 8.78 Å². The fraction of sp³-hybridized carbons (Fsp3) is 0.444. The topological polar surface area (TPSA) is 38.9 Å². The molecule has 1 rings (SSSR count). The molecule has 0 bridgehead atoms. The van der Waals surface area contributed by atoms with Crippen LogP contribution < -0.4 is 5.73 Å². The SMILES string of the molecule is CC(C)(N)C(F)(F)c1cccnc1. The predicted molar refractivity (Wildman–Crippen MR) is 46.4 cm³/mol. The van der Waals surface area contributed by atoms with Crippen LogP contribution in [-0.2, 0) is 5.92 Å². The minimum Gasteiger partial charge on any atom is -0.320 e. The van der Waals surface area contributed by atoms with Crippen molar-refractivity contribution >= 4 is 0 Å². The molecule has 0 aliphatic heterocycles. The van der Waals surface area contributed by atoms with E-state index in [0.717, 1.165) is 6.20 Å². The number of alkyl halides is 2. The van der Waals surface area contributed by atoms with Gasteiger partial charge in [0.15, 0.2) is 0 Å². The number of rotatable bonds is 2. The van der Waals surface area contributed by atoms with Gasteiger partial charge >= 0.3 is 0 Å². The summed E-state index contributed by atoms with van der Waals surface area (Å²) >= 11 is 0. The highest BCUT2D eigenvalue weighted by Gasteiger charge is 2.45. The summed E-state index contributed by atoms with van der Waals surface area (Å²) in [6, 6.07) is 2.79. The molecule has 0 saturated heterocycles. The van der Waals surface area contributed by atoms with E-state index < -0.39 is 11.5 Å². The minimum atomic E-state index is -3.05. The van der Waals surface area contributed by atoms with Gasteiger partial charge < -0.3 is 5.73 Å². The van der Waals surface area contributed by atoms with Crippen LogP contribution in [0.1, 0.15) is 19.4 Å². The van der Waals surface area contributed by atoms with Crippen LogP contribution in [0, 0.1) is 0 Å². The van der Waals surface area contributed by atoms with Crippen molar-refractivity contribution in [2.24, 2.45) is 5.73 Å². The Hall–Kier alpha value is -1.03. The van der Waals surface area contributed by atoms with Gasteiger partial charge in [-0.2, -0.15) is 8.78 Å². The van der Waals surface area contributed by atoms with Gasteiger partial charge in [-0.05, 0) is 26.0 Å². The Labute approximate surface area is 75.8 Å². The first-order valence-electron chi connectivity index (χ1n) is 3.93. The van der Waals surface area contributed by atoms with E-state index in [1.54, 1.807) is 0 Å². The highest BCUT2D eigenvalue weighted by atomic mass is 19.3. The average molecular weight is 186 g/mol.